The lowest BCUT2D eigenvalue weighted by atomic mass is 10.0. The summed E-state index contributed by atoms with van der Waals surface area (Å²) in [4.78, 5) is 3.99. The molecule has 0 unspecified atom stereocenters. The number of aromatic nitrogens is 1. The first-order valence-corrected chi connectivity index (χ1v) is 8.41. The molecular formula is C16H11Cl2FN4S. The van der Waals surface area contributed by atoms with E-state index in [9.17, 15) is 4.39 Å². The van der Waals surface area contributed by atoms with E-state index in [0.717, 1.165) is 5.56 Å². The summed E-state index contributed by atoms with van der Waals surface area (Å²) < 4.78 is 14.2. The summed E-state index contributed by atoms with van der Waals surface area (Å²) in [6, 6.07) is 9.88. The standard InChI is InChI=1S/C16H11Cl2FN4S/c17-12-3-11(4-13(18)6-12)9-1-2-10(14(19)5-9)7-21-23-16-22-15(20)8-24-16/h1-8H,20H2,(H,22,23). The van der Waals surface area contributed by atoms with E-state index in [1.165, 1.54) is 23.6 Å². The minimum Gasteiger partial charge on any atom is -0.383 e. The predicted molar refractivity (Wildman–Crippen MR) is 99.6 cm³/mol. The largest absolute Gasteiger partial charge is 0.383 e. The fraction of sp³-hybridized carbons (Fsp3) is 0. The Bertz CT molecular complexity index is 891. The molecule has 0 radical (unpaired) electrons. The van der Waals surface area contributed by atoms with E-state index in [0.29, 0.717) is 32.1 Å². The number of nitrogen functional groups attached to an aromatic ring is 1. The van der Waals surface area contributed by atoms with Gasteiger partial charge in [0.2, 0.25) is 5.13 Å². The van der Waals surface area contributed by atoms with E-state index in [-0.39, 0.29) is 0 Å². The minimum atomic E-state index is -0.409. The molecule has 0 saturated heterocycles. The Morgan fingerprint density at radius 3 is 2.50 bits per heavy atom. The number of anilines is 2. The van der Waals surface area contributed by atoms with E-state index >= 15 is 0 Å². The van der Waals surface area contributed by atoms with E-state index in [2.05, 4.69) is 15.5 Å². The van der Waals surface area contributed by atoms with Gasteiger partial charge in [0.05, 0.1) is 6.21 Å². The molecule has 1 heterocycles. The lowest BCUT2D eigenvalue weighted by Gasteiger charge is -2.05. The third-order valence-electron chi connectivity index (χ3n) is 3.08. The van der Waals surface area contributed by atoms with Gasteiger partial charge in [-0.1, -0.05) is 29.3 Å². The molecule has 0 aliphatic carbocycles. The van der Waals surface area contributed by atoms with Crippen LogP contribution in [0.5, 0.6) is 0 Å². The molecule has 8 heteroatoms. The first-order valence-electron chi connectivity index (χ1n) is 6.77. The van der Waals surface area contributed by atoms with Crippen LogP contribution in [0.2, 0.25) is 10.0 Å². The molecule has 0 fully saturated rings. The van der Waals surface area contributed by atoms with Gasteiger partial charge in [-0.15, -0.1) is 11.3 Å². The normalized spacial score (nSPS) is 11.1. The van der Waals surface area contributed by atoms with Gasteiger partial charge < -0.3 is 5.73 Å². The lowest BCUT2D eigenvalue weighted by Crippen LogP contribution is -1.94. The van der Waals surface area contributed by atoms with Crippen molar-refractivity contribution in [2.45, 2.75) is 0 Å². The van der Waals surface area contributed by atoms with Crippen LogP contribution < -0.4 is 11.2 Å². The number of hydrogen-bond acceptors (Lipinski definition) is 5. The molecule has 3 rings (SSSR count). The number of nitrogens with zero attached hydrogens (tertiary/aromatic N) is 2. The molecule has 0 bridgehead atoms. The summed E-state index contributed by atoms with van der Waals surface area (Å²) >= 11 is 13.3. The molecule has 0 spiro atoms. The summed E-state index contributed by atoms with van der Waals surface area (Å²) in [6.45, 7) is 0. The zero-order valence-corrected chi connectivity index (χ0v) is 14.5. The average molecular weight is 381 g/mol. The number of hydrazone groups is 1. The Labute approximate surface area is 151 Å². The zero-order chi connectivity index (χ0) is 17.1. The van der Waals surface area contributed by atoms with Crippen LogP contribution in [-0.4, -0.2) is 11.2 Å². The molecule has 4 nitrogen and oxygen atoms in total. The van der Waals surface area contributed by atoms with Crippen LogP contribution in [0.1, 0.15) is 5.56 Å². The van der Waals surface area contributed by atoms with E-state index in [1.807, 2.05) is 0 Å². The molecule has 3 N–H and O–H groups in total. The number of nitrogens with one attached hydrogen (secondary N) is 1. The molecule has 24 heavy (non-hydrogen) atoms. The maximum absolute atomic E-state index is 14.2. The maximum atomic E-state index is 14.2. The maximum Gasteiger partial charge on any atom is 0.205 e. The molecule has 0 atom stereocenters. The fourth-order valence-corrected chi connectivity index (χ4v) is 3.10. The molecule has 3 aromatic rings. The highest BCUT2D eigenvalue weighted by molar-refractivity contribution is 7.14. The van der Waals surface area contributed by atoms with Crippen molar-refractivity contribution in [3.8, 4) is 11.1 Å². The molecule has 0 aliphatic rings. The van der Waals surface area contributed by atoms with Crippen molar-refractivity contribution in [2.24, 2.45) is 5.10 Å². The molecule has 122 valence electrons. The number of hydrogen-bond donors (Lipinski definition) is 2. The molecule has 0 amide bonds. The van der Waals surface area contributed by atoms with Gasteiger partial charge in [-0.05, 0) is 41.5 Å². The third-order valence-corrected chi connectivity index (χ3v) is 4.28. The van der Waals surface area contributed by atoms with Crippen LogP contribution in [0.3, 0.4) is 0 Å². The molecule has 1 aromatic heterocycles. The first-order chi connectivity index (χ1) is 11.5. The molecule has 0 aliphatic heterocycles. The van der Waals surface area contributed by atoms with E-state index < -0.39 is 5.82 Å². The number of rotatable bonds is 4. The topological polar surface area (TPSA) is 63.3 Å². The van der Waals surface area contributed by atoms with Crippen LogP contribution in [0, 0.1) is 5.82 Å². The second kappa shape index (κ2) is 7.17. The minimum absolute atomic E-state index is 0.337. The average Bonchev–Trinajstić information content (AvgIpc) is 2.93. The highest BCUT2D eigenvalue weighted by Gasteiger charge is 2.06. The van der Waals surface area contributed by atoms with Crippen LogP contribution in [0.15, 0.2) is 46.9 Å². The quantitative estimate of drug-likeness (QED) is 0.477. The molecule has 2 aromatic carbocycles. The number of halogens is 3. The third kappa shape index (κ3) is 4.03. The van der Waals surface area contributed by atoms with E-state index in [4.69, 9.17) is 28.9 Å². The highest BCUT2D eigenvalue weighted by atomic mass is 35.5. The van der Waals surface area contributed by atoms with Crippen LogP contribution in [0.4, 0.5) is 15.3 Å². The van der Waals surface area contributed by atoms with Crippen molar-refractivity contribution in [3.63, 3.8) is 0 Å². The van der Waals surface area contributed by atoms with Crippen molar-refractivity contribution < 1.29 is 4.39 Å². The van der Waals surface area contributed by atoms with Gasteiger partial charge in [0.1, 0.15) is 11.6 Å². The smallest absolute Gasteiger partial charge is 0.205 e. The highest BCUT2D eigenvalue weighted by Crippen LogP contribution is 2.28. The van der Waals surface area contributed by atoms with Gasteiger partial charge in [-0.25, -0.2) is 9.37 Å². The summed E-state index contributed by atoms with van der Waals surface area (Å²) in [5.41, 5.74) is 9.96. The summed E-state index contributed by atoms with van der Waals surface area (Å²) in [6.07, 6.45) is 1.38. The number of thiazole rings is 1. The zero-order valence-electron chi connectivity index (χ0n) is 12.1. The van der Waals surface area contributed by atoms with Gasteiger partial charge in [0.15, 0.2) is 0 Å². The Balaban J connectivity index is 1.79. The molecular weight excluding hydrogens is 370 g/mol. The van der Waals surface area contributed by atoms with E-state index in [1.54, 1.807) is 35.7 Å². The Morgan fingerprint density at radius 1 is 1.12 bits per heavy atom. The Morgan fingerprint density at radius 2 is 1.88 bits per heavy atom. The van der Waals surface area contributed by atoms with Gasteiger partial charge >= 0.3 is 0 Å². The van der Waals surface area contributed by atoms with Crippen molar-refractivity contribution >= 4 is 51.7 Å². The van der Waals surface area contributed by atoms with Gasteiger partial charge in [0, 0.05) is 21.0 Å². The van der Waals surface area contributed by atoms with Crippen molar-refractivity contribution in [2.75, 3.05) is 11.2 Å². The van der Waals surface area contributed by atoms with Crippen LogP contribution in [-0.2, 0) is 0 Å². The Hall–Kier alpha value is -2.15. The van der Waals surface area contributed by atoms with Gasteiger partial charge in [0.25, 0.3) is 0 Å². The van der Waals surface area contributed by atoms with Crippen LogP contribution >= 0.6 is 34.5 Å². The fourth-order valence-electron chi connectivity index (χ4n) is 2.03. The van der Waals surface area contributed by atoms with Gasteiger partial charge in [-0.2, -0.15) is 5.10 Å². The summed E-state index contributed by atoms with van der Waals surface area (Å²) in [5.74, 6) is 0.00113. The van der Waals surface area contributed by atoms with Gasteiger partial charge in [-0.3, -0.25) is 5.43 Å². The number of nitrogens with two attached hydrogens (primary N) is 1. The second-order valence-corrected chi connectivity index (χ2v) is 6.57. The van der Waals surface area contributed by atoms with Crippen molar-refractivity contribution in [3.05, 3.63) is 63.2 Å². The SMILES string of the molecule is Nc1csc(NN=Cc2ccc(-c3cc(Cl)cc(Cl)c3)cc2F)n1. The monoisotopic (exact) mass is 380 g/mol. The summed E-state index contributed by atoms with van der Waals surface area (Å²) in [5, 5.41) is 7.16. The summed E-state index contributed by atoms with van der Waals surface area (Å²) in [7, 11) is 0. The van der Waals surface area contributed by atoms with Crippen LogP contribution in [0.25, 0.3) is 11.1 Å². The molecule has 0 saturated carbocycles. The van der Waals surface area contributed by atoms with Crippen molar-refractivity contribution in [1.82, 2.24) is 4.98 Å². The Kier molecular flexibility index (Phi) is 4.99. The second-order valence-electron chi connectivity index (χ2n) is 4.84. The first kappa shape index (κ1) is 16.7. The van der Waals surface area contributed by atoms with Crippen molar-refractivity contribution in [1.29, 1.82) is 0 Å². The number of benzene rings is 2. The predicted octanol–water partition coefficient (Wildman–Crippen LogP) is 5.28. The lowest BCUT2D eigenvalue weighted by molar-refractivity contribution is 0.626.